The van der Waals surface area contributed by atoms with Crippen LogP contribution in [-0.2, 0) is 4.79 Å². The standard InChI is InChI=1S/C5HBrN4O2/c6-4-7-1-2(8-4)9-5(12)10-3(1)11/h(H,10,11,12). The van der Waals surface area contributed by atoms with Gasteiger partial charge in [-0.25, -0.2) is 9.79 Å². The topological polar surface area (TPSA) is 83.2 Å². The quantitative estimate of drug-likeness (QED) is 0.585. The van der Waals surface area contributed by atoms with E-state index in [1.165, 1.54) is 0 Å². The van der Waals surface area contributed by atoms with Gasteiger partial charge in [-0.05, 0) is 15.9 Å². The minimum Gasteiger partial charge on any atom is -0.271 e. The van der Waals surface area contributed by atoms with Gasteiger partial charge in [-0.3, -0.25) is 10.1 Å². The Hall–Kier alpha value is -1.37. The number of nitrogens with zero attached hydrogens (tertiary/aromatic N) is 3. The molecule has 2 heterocycles. The number of aliphatic imine (C=N–C) groups is 3. The van der Waals surface area contributed by atoms with Crippen LogP contribution in [0.2, 0.25) is 0 Å². The summed E-state index contributed by atoms with van der Waals surface area (Å²) in [6.07, 6.45) is 0. The third-order valence-corrected chi connectivity index (χ3v) is 1.61. The van der Waals surface area contributed by atoms with E-state index in [0.29, 0.717) is 0 Å². The maximum absolute atomic E-state index is 11.0. The summed E-state index contributed by atoms with van der Waals surface area (Å²) in [5.41, 5.74) is 0.0708. The highest BCUT2D eigenvalue weighted by Crippen LogP contribution is 2.08. The van der Waals surface area contributed by atoms with E-state index in [-0.39, 0.29) is 16.3 Å². The van der Waals surface area contributed by atoms with Crippen molar-refractivity contribution in [3.05, 3.63) is 0 Å². The van der Waals surface area contributed by atoms with Gasteiger partial charge in [0.25, 0.3) is 5.91 Å². The highest BCUT2D eigenvalue weighted by Gasteiger charge is 2.29. The lowest BCUT2D eigenvalue weighted by atomic mass is 10.3. The molecule has 3 amide bonds. The van der Waals surface area contributed by atoms with E-state index in [2.05, 4.69) is 30.9 Å². The molecule has 0 aliphatic carbocycles. The Morgan fingerprint density at radius 3 is 2.67 bits per heavy atom. The van der Waals surface area contributed by atoms with Gasteiger partial charge in [0, 0.05) is 0 Å². The highest BCUT2D eigenvalue weighted by molar-refractivity contribution is 9.18. The van der Waals surface area contributed by atoms with Gasteiger partial charge in [0.05, 0.1) is 0 Å². The second-order valence-electron chi connectivity index (χ2n) is 2.04. The summed E-state index contributed by atoms with van der Waals surface area (Å²) in [5, 5.41) is 1.98. The molecular formula is C5HBrN4O2. The van der Waals surface area contributed by atoms with Crippen molar-refractivity contribution >= 4 is 44.2 Å². The molecule has 0 saturated heterocycles. The van der Waals surface area contributed by atoms with Crippen LogP contribution in [0, 0.1) is 0 Å². The van der Waals surface area contributed by atoms with Crippen LogP contribution in [0.5, 0.6) is 0 Å². The molecule has 2 aliphatic rings. The number of imide groups is 1. The molecule has 2 aliphatic heterocycles. The zero-order chi connectivity index (χ0) is 8.72. The molecule has 2 rings (SSSR count). The first kappa shape index (κ1) is 7.29. The van der Waals surface area contributed by atoms with E-state index >= 15 is 0 Å². The molecule has 0 aromatic rings. The molecule has 0 spiro atoms. The van der Waals surface area contributed by atoms with Crippen LogP contribution in [0.15, 0.2) is 15.0 Å². The molecule has 0 radical (unpaired) electrons. The van der Waals surface area contributed by atoms with Crippen molar-refractivity contribution < 1.29 is 9.59 Å². The maximum atomic E-state index is 11.0. The normalized spacial score (nSPS) is 20.9. The van der Waals surface area contributed by atoms with Crippen molar-refractivity contribution in [2.24, 2.45) is 15.0 Å². The molecule has 0 aromatic heterocycles. The number of fused-ring (bicyclic) bond motifs is 1. The number of hydrogen-bond acceptors (Lipinski definition) is 4. The number of amidine groups is 2. The second-order valence-corrected chi connectivity index (χ2v) is 2.75. The first-order valence-electron chi connectivity index (χ1n) is 2.94. The Labute approximate surface area is 74.6 Å². The molecule has 12 heavy (non-hydrogen) atoms. The zero-order valence-electron chi connectivity index (χ0n) is 5.54. The van der Waals surface area contributed by atoms with Gasteiger partial charge in [-0.1, -0.05) is 0 Å². The average molecular weight is 229 g/mol. The highest BCUT2D eigenvalue weighted by atomic mass is 79.9. The van der Waals surface area contributed by atoms with Crippen LogP contribution < -0.4 is 5.32 Å². The van der Waals surface area contributed by atoms with Crippen LogP contribution in [0.25, 0.3) is 0 Å². The predicted octanol–water partition coefficient (Wildman–Crippen LogP) is -0.160. The number of carbonyl (C=O) groups is 2. The Morgan fingerprint density at radius 1 is 1.17 bits per heavy atom. The summed E-state index contributed by atoms with van der Waals surface area (Å²) in [6, 6.07) is -0.708. The molecule has 60 valence electrons. The summed E-state index contributed by atoms with van der Waals surface area (Å²) in [6.45, 7) is 0. The molecule has 0 unspecified atom stereocenters. The third-order valence-electron chi connectivity index (χ3n) is 1.26. The Balaban J connectivity index is 2.53. The number of carbonyl (C=O) groups excluding carboxylic acids is 2. The van der Waals surface area contributed by atoms with Crippen molar-refractivity contribution in [3.8, 4) is 0 Å². The lowest BCUT2D eigenvalue weighted by Crippen LogP contribution is -2.41. The molecule has 0 saturated carbocycles. The van der Waals surface area contributed by atoms with Crippen molar-refractivity contribution in [1.82, 2.24) is 5.32 Å². The van der Waals surface area contributed by atoms with Crippen molar-refractivity contribution in [2.75, 3.05) is 0 Å². The number of halogens is 1. The van der Waals surface area contributed by atoms with Gasteiger partial charge in [-0.2, -0.15) is 9.98 Å². The summed E-state index contributed by atoms with van der Waals surface area (Å²) in [7, 11) is 0. The summed E-state index contributed by atoms with van der Waals surface area (Å²) in [4.78, 5) is 32.5. The zero-order valence-corrected chi connectivity index (χ0v) is 7.12. The van der Waals surface area contributed by atoms with Gasteiger partial charge in [0.1, 0.15) is 0 Å². The maximum Gasteiger partial charge on any atom is 0.350 e. The molecular weight excluding hydrogens is 228 g/mol. The van der Waals surface area contributed by atoms with Gasteiger partial charge in [0.15, 0.2) is 16.3 Å². The number of hydrogen-bond donors (Lipinski definition) is 1. The van der Waals surface area contributed by atoms with Crippen LogP contribution in [0.1, 0.15) is 0 Å². The number of nitrogens with one attached hydrogen (secondary N) is 1. The number of urea groups is 1. The van der Waals surface area contributed by atoms with Gasteiger partial charge in [-0.15, -0.1) is 0 Å². The molecule has 0 bridgehead atoms. The fourth-order valence-electron chi connectivity index (χ4n) is 0.818. The van der Waals surface area contributed by atoms with Gasteiger partial charge >= 0.3 is 6.03 Å². The number of rotatable bonds is 0. The van der Waals surface area contributed by atoms with E-state index in [0.717, 1.165) is 0 Å². The van der Waals surface area contributed by atoms with Crippen LogP contribution >= 0.6 is 15.9 Å². The van der Waals surface area contributed by atoms with Crippen LogP contribution in [0.3, 0.4) is 0 Å². The Kier molecular flexibility index (Phi) is 1.40. The smallest absolute Gasteiger partial charge is 0.271 e. The lowest BCUT2D eigenvalue weighted by Gasteiger charge is -2.05. The van der Waals surface area contributed by atoms with E-state index in [4.69, 9.17) is 0 Å². The molecule has 6 nitrogen and oxygen atoms in total. The Bertz CT molecular complexity index is 381. The third kappa shape index (κ3) is 0.981. The molecule has 7 heteroatoms. The SMILES string of the molecule is O=C1N=C2N=C(Br)N=C2C(=O)N1. The van der Waals surface area contributed by atoms with E-state index < -0.39 is 11.9 Å². The van der Waals surface area contributed by atoms with Crippen molar-refractivity contribution in [1.29, 1.82) is 0 Å². The minimum absolute atomic E-state index is 0.0654. The van der Waals surface area contributed by atoms with Gasteiger partial charge in [0.2, 0.25) is 0 Å². The van der Waals surface area contributed by atoms with Crippen molar-refractivity contribution in [3.63, 3.8) is 0 Å². The minimum atomic E-state index is -0.708. The lowest BCUT2D eigenvalue weighted by molar-refractivity contribution is -0.113. The van der Waals surface area contributed by atoms with E-state index in [1.807, 2.05) is 5.32 Å². The second kappa shape index (κ2) is 2.31. The average Bonchev–Trinajstić information content (AvgIpc) is 2.29. The van der Waals surface area contributed by atoms with Crippen LogP contribution in [-0.4, -0.2) is 28.2 Å². The molecule has 0 aromatic carbocycles. The fourth-order valence-corrected chi connectivity index (χ4v) is 1.16. The molecule has 1 N–H and O–H groups in total. The first-order valence-corrected chi connectivity index (χ1v) is 3.73. The first-order chi connectivity index (χ1) is 5.66. The van der Waals surface area contributed by atoms with Crippen LogP contribution in [0.4, 0.5) is 4.79 Å². The largest absolute Gasteiger partial charge is 0.350 e. The monoisotopic (exact) mass is 228 g/mol. The predicted molar refractivity (Wildman–Crippen MR) is 44.8 cm³/mol. The Morgan fingerprint density at radius 2 is 1.92 bits per heavy atom. The van der Waals surface area contributed by atoms with Gasteiger partial charge < -0.3 is 0 Å². The van der Waals surface area contributed by atoms with Crippen molar-refractivity contribution in [2.45, 2.75) is 0 Å². The summed E-state index contributed by atoms with van der Waals surface area (Å²) < 4.78 is 0.251. The fraction of sp³-hybridized carbons (Fsp3) is 0. The van der Waals surface area contributed by atoms with E-state index in [1.54, 1.807) is 0 Å². The molecule has 0 fully saturated rings. The molecule has 0 atom stereocenters. The number of amides is 3. The van der Waals surface area contributed by atoms with E-state index in [9.17, 15) is 9.59 Å². The summed E-state index contributed by atoms with van der Waals surface area (Å²) >= 11 is 2.97. The summed E-state index contributed by atoms with van der Waals surface area (Å²) in [5.74, 6) is -0.501.